The van der Waals surface area contributed by atoms with Crippen LogP contribution in [0.5, 0.6) is 0 Å². The third kappa shape index (κ3) is 2.61. The fourth-order valence-corrected chi connectivity index (χ4v) is 2.48. The summed E-state index contributed by atoms with van der Waals surface area (Å²) in [6.45, 7) is 3.73. The van der Waals surface area contributed by atoms with Crippen molar-refractivity contribution < 1.29 is 9.59 Å². The second-order valence-corrected chi connectivity index (χ2v) is 5.00. The predicted octanol–water partition coefficient (Wildman–Crippen LogP) is 0.914. The van der Waals surface area contributed by atoms with Crippen molar-refractivity contribution in [1.29, 1.82) is 0 Å². The summed E-state index contributed by atoms with van der Waals surface area (Å²) >= 11 is 0. The Bertz CT molecular complexity index is 267. The number of nitrogens with zero attached hydrogens (tertiary/aromatic N) is 1. The zero-order valence-corrected chi connectivity index (χ0v) is 9.87. The average molecular weight is 224 g/mol. The standard InChI is InChI=1S/C12H20N2O2/c1-9-5-6-10(7-13-9)8-14-11(15)3-2-4-12(14)16/h9-10,13H,2-8H2,1H3. The lowest BCUT2D eigenvalue weighted by molar-refractivity contribution is -0.148. The topological polar surface area (TPSA) is 49.4 Å². The number of likely N-dealkylation sites (tertiary alicyclic amines) is 1. The van der Waals surface area contributed by atoms with Crippen LogP contribution in [0.15, 0.2) is 0 Å². The number of rotatable bonds is 2. The molecule has 0 radical (unpaired) electrons. The Hall–Kier alpha value is -0.900. The Balaban J connectivity index is 1.88. The van der Waals surface area contributed by atoms with Gasteiger partial charge in [-0.2, -0.15) is 0 Å². The predicted molar refractivity (Wildman–Crippen MR) is 60.8 cm³/mol. The van der Waals surface area contributed by atoms with E-state index in [0.717, 1.165) is 25.8 Å². The monoisotopic (exact) mass is 224 g/mol. The molecule has 2 unspecified atom stereocenters. The van der Waals surface area contributed by atoms with Crippen LogP contribution in [0.2, 0.25) is 0 Å². The molecule has 1 N–H and O–H groups in total. The van der Waals surface area contributed by atoms with Gasteiger partial charge in [-0.05, 0) is 38.6 Å². The molecule has 2 saturated heterocycles. The smallest absolute Gasteiger partial charge is 0.229 e. The van der Waals surface area contributed by atoms with Gasteiger partial charge in [-0.15, -0.1) is 0 Å². The van der Waals surface area contributed by atoms with Crippen LogP contribution in [-0.2, 0) is 9.59 Å². The minimum atomic E-state index is 0.0230. The number of piperidine rings is 2. The van der Waals surface area contributed by atoms with Crippen molar-refractivity contribution in [3.05, 3.63) is 0 Å². The summed E-state index contributed by atoms with van der Waals surface area (Å²) in [6.07, 6.45) is 4.07. The Morgan fingerprint density at radius 2 is 1.94 bits per heavy atom. The number of hydrogen-bond donors (Lipinski definition) is 1. The van der Waals surface area contributed by atoms with Crippen molar-refractivity contribution in [2.24, 2.45) is 5.92 Å². The van der Waals surface area contributed by atoms with E-state index in [1.807, 2.05) is 0 Å². The fraction of sp³-hybridized carbons (Fsp3) is 0.833. The zero-order valence-electron chi connectivity index (χ0n) is 9.87. The number of nitrogens with one attached hydrogen (secondary N) is 1. The molecule has 4 nitrogen and oxygen atoms in total. The maximum absolute atomic E-state index is 11.6. The van der Waals surface area contributed by atoms with Crippen molar-refractivity contribution in [2.75, 3.05) is 13.1 Å². The van der Waals surface area contributed by atoms with Crippen molar-refractivity contribution in [1.82, 2.24) is 10.2 Å². The molecule has 2 heterocycles. The first kappa shape index (κ1) is 11.6. The molecule has 0 aromatic rings. The molecule has 0 spiro atoms. The van der Waals surface area contributed by atoms with Gasteiger partial charge >= 0.3 is 0 Å². The van der Waals surface area contributed by atoms with Gasteiger partial charge in [-0.3, -0.25) is 14.5 Å². The number of carbonyl (C=O) groups is 2. The number of carbonyl (C=O) groups excluding carboxylic acids is 2. The summed E-state index contributed by atoms with van der Waals surface area (Å²) < 4.78 is 0. The van der Waals surface area contributed by atoms with E-state index in [4.69, 9.17) is 0 Å². The average Bonchev–Trinajstić information content (AvgIpc) is 2.26. The molecule has 2 rings (SSSR count). The molecule has 2 fully saturated rings. The lowest BCUT2D eigenvalue weighted by Crippen LogP contribution is -2.47. The van der Waals surface area contributed by atoms with Crippen molar-refractivity contribution >= 4 is 11.8 Å². The Morgan fingerprint density at radius 1 is 1.25 bits per heavy atom. The highest BCUT2D eigenvalue weighted by molar-refractivity contribution is 5.97. The molecule has 2 aliphatic rings. The molecule has 2 atom stereocenters. The van der Waals surface area contributed by atoms with Crippen LogP contribution in [-0.4, -0.2) is 35.8 Å². The van der Waals surface area contributed by atoms with Gasteiger partial charge in [0.05, 0.1) is 0 Å². The molecule has 2 aliphatic heterocycles. The number of hydrogen-bond acceptors (Lipinski definition) is 3. The molecular formula is C12H20N2O2. The summed E-state index contributed by atoms with van der Waals surface area (Å²) in [4.78, 5) is 24.7. The van der Waals surface area contributed by atoms with Crippen LogP contribution in [0.1, 0.15) is 39.0 Å². The first-order valence-electron chi connectivity index (χ1n) is 6.23. The van der Waals surface area contributed by atoms with Crippen LogP contribution in [0.3, 0.4) is 0 Å². The molecule has 0 aromatic heterocycles. The van der Waals surface area contributed by atoms with Crippen LogP contribution < -0.4 is 5.32 Å². The third-order valence-corrected chi connectivity index (χ3v) is 3.59. The van der Waals surface area contributed by atoms with Gasteiger partial charge in [-0.1, -0.05) is 0 Å². The highest BCUT2D eigenvalue weighted by atomic mass is 16.2. The molecule has 16 heavy (non-hydrogen) atoms. The molecule has 0 aliphatic carbocycles. The van der Waals surface area contributed by atoms with E-state index in [9.17, 15) is 9.59 Å². The van der Waals surface area contributed by atoms with Crippen molar-refractivity contribution in [3.63, 3.8) is 0 Å². The van der Waals surface area contributed by atoms with Gasteiger partial charge in [0.1, 0.15) is 0 Å². The van der Waals surface area contributed by atoms with Gasteiger partial charge in [0.2, 0.25) is 11.8 Å². The van der Waals surface area contributed by atoms with E-state index in [1.54, 1.807) is 0 Å². The molecule has 90 valence electrons. The first-order valence-corrected chi connectivity index (χ1v) is 6.23. The SMILES string of the molecule is CC1CCC(CN2C(=O)CCCC2=O)CN1. The van der Waals surface area contributed by atoms with E-state index >= 15 is 0 Å². The van der Waals surface area contributed by atoms with Crippen LogP contribution in [0, 0.1) is 5.92 Å². The van der Waals surface area contributed by atoms with Crippen LogP contribution >= 0.6 is 0 Å². The maximum Gasteiger partial charge on any atom is 0.229 e. The lowest BCUT2D eigenvalue weighted by Gasteiger charge is -2.33. The number of imide groups is 1. The highest BCUT2D eigenvalue weighted by Crippen LogP contribution is 2.19. The Morgan fingerprint density at radius 3 is 2.50 bits per heavy atom. The molecule has 0 bridgehead atoms. The quantitative estimate of drug-likeness (QED) is 0.709. The van der Waals surface area contributed by atoms with E-state index in [-0.39, 0.29) is 11.8 Å². The summed E-state index contributed by atoms with van der Waals surface area (Å²) in [5.41, 5.74) is 0. The molecular weight excluding hydrogens is 204 g/mol. The summed E-state index contributed by atoms with van der Waals surface area (Å²) in [6, 6.07) is 0.573. The Kier molecular flexibility index (Phi) is 3.59. The van der Waals surface area contributed by atoms with E-state index in [0.29, 0.717) is 31.3 Å². The lowest BCUT2D eigenvalue weighted by atomic mass is 9.94. The molecule has 2 amide bonds. The van der Waals surface area contributed by atoms with Gasteiger partial charge in [0.25, 0.3) is 0 Å². The molecule has 0 aromatic carbocycles. The van der Waals surface area contributed by atoms with E-state index < -0.39 is 0 Å². The summed E-state index contributed by atoms with van der Waals surface area (Å²) in [5, 5.41) is 3.40. The maximum atomic E-state index is 11.6. The fourth-order valence-electron chi connectivity index (χ4n) is 2.48. The van der Waals surface area contributed by atoms with Gasteiger partial charge in [0.15, 0.2) is 0 Å². The summed E-state index contributed by atoms with van der Waals surface area (Å²) in [5.74, 6) is 0.493. The van der Waals surface area contributed by atoms with Crippen molar-refractivity contribution in [2.45, 2.75) is 45.1 Å². The second-order valence-electron chi connectivity index (χ2n) is 5.00. The van der Waals surface area contributed by atoms with Crippen molar-refractivity contribution in [3.8, 4) is 0 Å². The van der Waals surface area contributed by atoms with Crippen LogP contribution in [0.25, 0.3) is 0 Å². The van der Waals surface area contributed by atoms with E-state index in [1.165, 1.54) is 4.90 Å². The largest absolute Gasteiger partial charge is 0.314 e. The van der Waals surface area contributed by atoms with Gasteiger partial charge in [0, 0.05) is 25.4 Å². The minimum absolute atomic E-state index is 0.0230. The molecule has 4 heteroatoms. The third-order valence-electron chi connectivity index (χ3n) is 3.59. The van der Waals surface area contributed by atoms with Crippen LogP contribution in [0.4, 0.5) is 0 Å². The highest BCUT2D eigenvalue weighted by Gasteiger charge is 2.29. The summed E-state index contributed by atoms with van der Waals surface area (Å²) in [7, 11) is 0. The molecule has 0 saturated carbocycles. The van der Waals surface area contributed by atoms with E-state index in [2.05, 4.69) is 12.2 Å². The zero-order chi connectivity index (χ0) is 11.5. The van der Waals surface area contributed by atoms with Gasteiger partial charge < -0.3 is 5.32 Å². The second kappa shape index (κ2) is 4.95. The normalized spacial score (nSPS) is 31.9. The Labute approximate surface area is 96.4 Å². The van der Waals surface area contributed by atoms with Gasteiger partial charge in [-0.25, -0.2) is 0 Å². The number of amides is 2. The minimum Gasteiger partial charge on any atom is -0.314 e. The first-order chi connectivity index (χ1) is 7.66.